The van der Waals surface area contributed by atoms with Gasteiger partial charge in [-0.25, -0.2) is 12.8 Å². The zero-order valence-corrected chi connectivity index (χ0v) is 19.1. The van der Waals surface area contributed by atoms with Gasteiger partial charge in [0.2, 0.25) is 0 Å². The molecule has 0 atom stereocenters. The van der Waals surface area contributed by atoms with Gasteiger partial charge >= 0.3 is 0 Å². The number of rotatable bonds is 11. The quantitative estimate of drug-likeness (QED) is 0.450. The molecule has 1 aliphatic rings. The molecule has 1 aliphatic heterocycles. The average molecular weight is 449 g/mol. The van der Waals surface area contributed by atoms with Crippen LogP contribution in [-0.2, 0) is 10.0 Å². The number of ether oxygens (including phenoxy) is 1. The number of anilines is 1. The van der Waals surface area contributed by atoms with Gasteiger partial charge in [-0.2, -0.15) is 0 Å². The zero-order chi connectivity index (χ0) is 22.1. The van der Waals surface area contributed by atoms with Gasteiger partial charge in [-0.05, 0) is 93.8 Å². The molecule has 0 unspecified atom stereocenters. The predicted octanol–water partition coefficient (Wildman–Crippen LogP) is 5.08. The van der Waals surface area contributed by atoms with E-state index in [1.807, 2.05) is 0 Å². The van der Waals surface area contributed by atoms with Gasteiger partial charge in [0.25, 0.3) is 10.0 Å². The Hall–Kier alpha value is -2.12. The summed E-state index contributed by atoms with van der Waals surface area (Å²) in [7, 11) is -2.25. The molecule has 170 valence electrons. The Bertz CT molecular complexity index is 895. The fourth-order valence-corrected chi connectivity index (χ4v) is 5.02. The summed E-state index contributed by atoms with van der Waals surface area (Å²) in [6.07, 6.45) is 8.73. The van der Waals surface area contributed by atoms with Crippen LogP contribution in [0.25, 0.3) is 0 Å². The van der Waals surface area contributed by atoms with Crippen molar-refractivity contribution in [2.45, 2.75) is 49.8 Å². The minimum Gasteiger partial charge on any atom is -0.494 e. The molecule has 0 N–H and O–H groups in total. The standard InChI is InChI=1S/C24H33FN2O3S/c1-26(31(28,29)24-15-9-21(25)10-16-24)22-11-13-23(14-12-22)30-20-8-3-2-5-17-27-18-6-4-7-19-27/h9-16H,2-8,17-20H2,1H3. The van der Waals surface area contributed by atoms with E-state index in [4.69, 9.17) is 4.74 Å². The maximum absolute atomic E-state index is 13.1. The van der Waals surface area contributed by atoms with Crippen molar-refractivity contribution in [3.8, 4) is 5.75 Å². The van der Waals surface area contributed by atoms with Crippen LogP contribution < -0.4 is 9.04 Å². The van der Waals surface area contributed by atoms with Crippen molar-refractivity contribution in [3.63, 3.8) is 0 Å². The number of nitrogens with zero attached hydrogens (tertiary/aromatic N) is 2. The Morgan fingerprint density at radius 1 is 0.903 bits per heavy atom. The van der Waals surface area contributed by atoms with Crippen LogP contribution in [0.5, 0.6) is 5.75 Å². The normalized spacial score (nSPS) is 15.0. The van der Waals surface area contributed by atoms with E-state index in [9.17, 15) is 12.8 Å². The van der Waals surface area contributed by atoms with Crippen molar-refractivity contribution in [3.05, 3.63) is 54.3 Å². The van der Waals surface area contributed by atoms with E-state index in [1.165, 1.54) is 75.2 Å². The van der Waals surface area contributed by atoms with Gasteiger partial charge in [0.05, 0.1) is 17.2 Å². The lowest BCUT2D eigenvalue weighted by atomic mass is 10.1. The first kappa shape index (κ1) is 23.5. The van der Waals surface area contributed by atoms with Crippen LogP contribution in [0.1, 0.15) is 44.9 Å². The zero-order valence-electron chi connectivity index (χ0n) is 18.3. The van der Waals surface area contributed by atoms with Crippen molar-refractivity contribution in [2.24, 2.45) is 0 Å². The lowest BCUT2D eigenvalue weighted by Crippen LogP contribution is -2.30. The first-order chi connectivity index (χ1) is 15.0. The molecule has 1 heterocycles. The molecule has 1 fully saturated rings. The third kappa shape index (κ3) is 6.94. The lowest BCUT2D eigenvalue weighted by molar-refractivity contribution is 0.223. The van der Waals surface area contributed by atoms with E-state index >= 15 is 0 Å². The molecule has 0 spiro atoms. The average Bonchev–Trinajstić information content (AvgIpc) is 2.79. The van der Waals surface area contributed by atoms with E-state index in [-0.39, 0.29) is 4.90 Å². The number of likely N-dealkylation sites (tertiary alicyclic amines) is 1. The van der Waals surface area contributed by atoms with Gasteiger partial charge in [0, 0.05) is 7.05 Å². The summed E-state index contributed by atoms with van der Waals surface area (Å²) in [4.78, 5) is 2.63. The molecule has 1 saturated heterocycles. The monoisotopic (exact) mass is 448 g/mol. The Balaban J connectivity index is 1.39. The Morgan fingerprint density at radius 3 is 2.23 bits per heavy atom. The van der Waals surface area contributed by atoms with Gasteiger partial charge in [0.1, 0.15) is 11.6 Å². The second-order valence-corrected chi connectivity index (χ2v) is 10.1. The summed E-state index contributed by atoms with van der Waals surface area (Å²) in [6.45, 7) is 4.41. The highest BCUT2D eigenvalue weighted by atomic mass is 32.2. The van der Waals surface area contributed by atoms with E-state index in [2.05, 4.69) is 4.90 Å². The topological polar surface area (TPSA) is 49.9 Å². The summed E-state index contributed by atoms with van der Waals surface area (Å²) in [5, 5.41) is 0. The Morgan fingerprint density at radius 2 is 1.55 bits per heavy atom. The Labute approximate surface area is 185 Å². The van der Waals surface area contributed by atoms with Crippen LogP contribution in [0.4, 0.5) is 10.1 Å². The number of benzene rings is 2. The lowest BCUT2D eigenvalue weighted by Gasteiger charge is -2.26. The van der Waals surface area contributed by atoms with Gasteiger partial charge in [-0.1, -0.05) is 19.3 Å². The van der Waals surface area contributed by atoms with E-state index in [1.54, 1.807) is 24.3 Å². The second-order valence-electron chi connectivity index (χ2n) is 8.09. The number of piperidine rings is 1. The molecule has 3 rings (SSSR count). The molecule has 2 aromatic carbocycles. The molecular weight excluding hydrogens is 415 g/mol. The Kier molecular flexibility index (Phi) is 8.72. The minimum absolute atomic E-state index is 0.0528. The summed E-state index contributed by atoms with van der Waals surface area (Å²) < 4.78 is 45.5. The number of hydrogen-bond donors (Lipinski definition) is 0. The van der Waals surface area contributed by atoms with Crippen LogP contribution in [-0.4, -0.2) is 46.6 Å². The van der Waals surface area contributed by atoms with E-state index in [0.29, 0.717) is 12.3 Å². The van der Waals surface area contributed by atoms with E-state index in [0.717, 1.165) is 30.7 Å². The molecule has 7 heteroatoms. The molecule has 0 amide bonds. The molecule has 0 aromatic heterocycles. The SMILES string of the molecule is CN(c1ccc(OCCCCCCN2CCCCC2)cc1)S(=O)(=O)c1ccc(F)cc1. The maximum atomic E-state index is 13.1. The first-order valence-electron chi connectivity index (χ1n) is 11.2. The van der Waals surface area contributed by atoms with Crippen molar-refractivity contribution in [1.82, 2.24) is 4.90 Å². The third-order valence-electron chi connectivity index (χ3n) is 5.76. The van der Waals surface area contributed by atoms with Crippen LogP contribution in [0, 0.1) is 5.82 Å². The molecule has 0 saturated carbocycles. The van der Waals surface area contributed by atoms with Crippen LogP contribution in [0.15, 0.2) is 53.4 Å². The van der Waals surface area contributed by atoms with Crippen LogP contribution >= 0.6 is 0 Å². The summed E-state index contributed by atoms with van der Waals surface area (Å²) >= 11 is 0. The molecular formula is C24H33FN2O3S. The molecule has 5 nitrogen and oxygen atoms in total. The molecule has 0 aliphatic carbocycles. The van der Waals surface area contributed by atoms with Gasteiger partial charge in [0.15, 0.2) is 0 Å². The number of sulfonamides is 1. The number of halogens is 1. The molecule has 0 radical (unpaired) electrons. The van der Waals surface area contributed by atoms with Crippen LogP contribution in [0.2, 0.25) is 0 Å². The predicted molar refractivity (Wildman–Crippen MR) is 123 cm³/mol. The van der Waals surface area contributed by atoms with Crippen molar-refractivity contribution < 1.29 is 17.5 Å². The van der Waals surface area contributed by atoms with E-state index < -0.39 is 15.8 Å². The molecule has 31 heavy (non-hydrogen) atoms. The summed E-state index contributed by atoms with van der Waals surface area (Å²) in [5.41, 5.74) is 0.523. The van der Waals surface area contributed by atoms with Gasteiger partial charge < -0.3 is 9.64 Å². The van der Waals surface area contributed by atoms with Crippen molar-refractivity contribution in [2.75, 3.05) is 37.6 Å². The fourth-order valence-electron chi connectivity index (χ4n) is 3.82. The first-order valence-corrected chi connectivity index (χ1v) is 12.6. The highest BCUT2D eigenvalue weighted by Gasteiger charge is 2.21. The van der Waals surface area contributed by atoms with Crippen molar-refractivity contribution in [1.29, 1.82) is 0 Å². The molecule has 0 bridgehead atoms. The van der Waals surface area contributed by atoms with Gasteiger partial charge in [-0.15, -0.1) is 0 Å². The van der Waals surface area contributed by atoms with Crippen LogP contribution in [0.3, 0.4) is 0 Å². The largest absolute Gasteiger partial charge is 0.494 e. The van der Waals surface area contributed by atoms with Gasteiger partial charge in [-0.3, -0.25) is 4.31 Å². The summed E-state index contributed by atoms with van der Waals surface area (Å²) in [6, 6.07) is 11.8. The smallest absolute Gasteiger partial charge is 0.264 e. The highest BCUT2D eigenvalue weighted by Crippen LogP contribution is 2.24. The minimum atomic E-state index is -3.74. The third-order valence-corrected chi connectivity index (χ3v) is 7.56. The highest BCUT2D eigenvalue weighted by molar-refractivity contribution is 7.92. The second kappa shape index (κ2) is 11.5. The summed E-state index contributed by atoms with van der Waals surface area (Å²) in [5.74, 6) is 0.259. The number of unbranched alkanes of at least 4 members (excludes halogenated alkanes) is 3. The van der Waals surface area contributed by atoms with Crippen molar-refractivity contribution >= 4 is 15.7 Å². The fraction of sp³-hybridized carbons (Fsp3) is 0.500. The maximum Gasteiger partial charge on any atom is 0.264 e. The number of hydrogen-bond acceptors (Lipinski definition) is 4. The molecule has 2 aromatic rings.